The van der Waals surface area contributed by atoms with Crippen LogP contribution in [0.5, 0.6) is 11.5 Å². The number of nitrogens with one attached hydrogen (secondary N) is 1. The lowest BCUT2D eigenvalue weighted by Crippen LogP contribution is -1.93. The van der Waals surface area contributed by atoms with Gasteiger partial charge in [0.1, 0.15) is 0 Å². The molecule has 0 saturated carbocycles. The van der Waals surface area contributed by atoms with E-state index in [2.05, 4.69) is 10.2 Å². The van der Waals surface area contributed by atoms with Gasteiger partial charge in [0.2, 0.25) is 12.0 Å². The average molecular weight is 304 g/mol. The molecule has 0 aliphatic carbocycles. The topological polar surface area (TPSA) is 86.3 Å². The minimum absolute atomic E-state index is 0.222. The van der Waals surface area contributed by atoms with E-state index in [1.54, 1.807) is 6.07 Å². The van der Waals surface area contributed by atoms with Crippen molar-refractivity contribution in [2.24, 2.45) is 0 Å². The van der Waals surface area contributed by atoms with Crippen LogP contribution in [0.25, 0.3) is 22.4 Å². The number of aromatic amines is 1. The number of fused-ring (bicyclic) bond motifs is 1. The van der Waals surface area contributed by atoms with Crippen LogP contribution in [0, 0.1) is 0 Å². The number of hydrogen-bond donors (Lipinski definition) is 2. The van der Waals surface area contributed by atoms with Crippen LogP contribution >= 0.6 is 11.6 Å². The number of H-pyrrole nitrogens is 1. The van der Waals surface area contributed by atoms with Crippen LogP contribution < -0.4 is 15.2 Å². The Morgan fingerprint density at radius 3 is 2.86 bits per heavy atom. The number of benzene rings is 1. The summed E-state index contributed by atoms with van der Waals surface area (Å²) in [5, 5.41) is 7.23. The average Bonchev–Trinajstić information content (AvgIpc) is 3.17. The standard InChI is InChI=1S/C14H10ClN3O3/c15-13-8(3-4-19-13)12-11(14(16)18-17-12)7-1-2-9-10(5-7)21-6-20-9/h1-5H,6H2,(H3,16,17,18). The summed E-state index contributed by atoms with van der Waals surface area (Å²) in [5.41, 5.74) is 8.99. The summed E-state index contributed by atoms with van der Waals surface area (Å²) in [5.74, 6) is 1.77. The number of anilines is 1. The lowest BCUT2D eigenvalue weighted by atomic mass is 10.0. The molecule has 1 aliphatic heterocycles. The third-order valence-electron chi connectivity index (χ3n) is 3.34. The molecule has 0 atom stereocenters. The first-order valence-corrected chi connectivity index (χ1v) is 6.59. The second-order valence-corrected chi connectivity index (χ2v) is 4.88. The molecule has 1 aliphatic rings. The number of furan rings is 1. The van der Waals surface area contributed by atoms with Gasteiger partial charge in [-0.25, -0.2) is 0 Å². The predicted molar refractivity (Wildman–Crippen MR) is 77.3 cm³/mol. The molecule has 7 heteroatoms. The van der Waals surface area contributed by atoms with Crippen LogP contribution in [0.3, 0.4) is 0 Å². The van der Waals surface area contributed by atoms with E-state index < -0.39 is 0 Å². The van der Waals surface area contributed by atoms with Crippen LogP contribution in [0.4, 0.5) is 5.82 Å². The molecule has 106 valence electrons. The third-order valence-corrected chi connectivity index (χ3v) is 3.64. The van der Waals surface area contributed by atoms with E-state index in [-0.39, 0.29) is 12.0 Å². The van der Waals surface area contributed by atoms with Gasteiger partial charge in [0, 0.05) is 0 Å². The van der Waals surface area contributed by atoms with Gasteiger partial charge in [-0.2, -0.15) is 5.10 Å². The van der Waals surface area contributed by atoms with E-state index in [1.165, 1.54) is 6.26 Å². The lowest BCUT2D eigenvalue weighted by molar-refractivity contribution is 0.174. The van der Waals surface area contributed by atoms with Crippen molar-refractivity contribution in [1.82, 2.24) is 10.2 Å². The van der Waals surface area contributed by atoms with E-state index in [9.17, 15) is 0 Å². The summed E-state index contributed by atoms with van der Waals surface area (Å²) in [6, 6.07) is 7.35. The largest absolute Gasteiger partial charge is 0.454 e. The van der Waals surface area contributed by atoms with Gasteiger partial charge in [-0.1, -0.05) is 6.07 Å². The van der Waals surface area contributed by atoms with E-state index in [0.29, 0.717) is 28.6 Å². The van der Waals surface area contributed by atoms with Crippen molar-refractivity contribution < 1.29 is 13.9 Å². The molecular weight excluding hydrogens is 294 g/mol. The van der Waals surface area contributed by atoms with Crippen molar-refractivity contribution >= 4 is 17.4 Å². The van der Waals surface area contributed by atoms with Crippen LogP contribution in [0.15, 0.2) is 34.9 Å². The Kier molecular flexibility index (Phi) is 2.58. The minimum Gasteiger partial charge on any atom is -0.454 e. The van der Waals surface area contributed by atoms with Crippen LogP contribution in [-0.2, 0) is 0 Å². The highest BCUT2D eigenvalue weighted by molar-refractivity contribution is 6.31. The first kappa shape index (κ1) is 12.2. The number of rotatable bonds is 2. The molecule has 2 aromatic heterocycles. The molecule has 3 N–H and O–H groups in total. The monoisotopic (exact) mass is 303 g/mol. The number of ether oxygens (including phenoxy) is 2. The molecule has 3 heterocycles. The van der Waals surface area contributed by atoms with Gasteiger partial charge >= 0.3 is 0 Å². The van der Waals surface area contributed by atoms with Gasteiger partial charge in [0.25, 0.3) is 0 Å². The zero-order chi connectivity index (χ0) is 14.4. The first-order valence-electron chi connectivity index (χ1n) is 6.21. The maximum Gasteiger partial charge on any atom is 0.231 e. The van der Waals surface area contributed by atoms with Crippen LogP contribution in [-0.4, -0.2) is 17.0 Å². The van der Waals surface area contributed by atoms with Crippen molar-refractivity contribution in [3.05, 3.63) is 35.7 Å². The second-order valence-electron chi connectivity index (χ2n) is 4.53. The highest BCUT2D eigenvalue weighted by Crippen LogP contribution is 2.42. The minimum atomic E-state index is 0.222. The fraction of sp³-hybridized carbons (Fsp3) is 0.0714. The van der Waals surface area contributed by atoms with Crippen LogP contribution in [0.2, 0.25) is 5.22 Å². The first-order chi connectivity index (χ1) is 10.2. The van der Waals surface area contributed by atoms with Crippen molar-refractivity contribution in [2.75, 3.05) is 12.5 Å². The summed E-state index contributed by atoms with van der Waals surface area (Å²) >= 11 is 6.04. The normalized spacial score (nSPS) is 12.8. The summed E-state index contributed by atoms with van der Waals surface area (Å²) < 4.78 is 15.8. The lowest BCUT2D eigenvalue weighted by Gasteiger charge is -2.05. The SMILES string of the molecule is Nc1n[nH]c(-c2ccoc2Cl)c1-c1ccc2c(c1)OCO2. The van der Waals surface area contributed by atoms with E-state index in [1.807, 2.05) is 18.2 Å². The Labute approximate surface area is 124 Å². The van der Waals surface area contributed by atoms with E-state index >= 15 is 0 Å². The van der Waals surface area contributed by atoms with E-state index in [4.69, 9.17) is 31.2 Å². The number of nitrogens with two attached hydrogens (primary N) is 1. The van der Waals surface area contributed by atoms with Gasteiger partial charge in [-0.05, 0) is 35.4 Å². The molecule has 6 nitrogen and oxygen atoms in total. The highest BCUT2D eigenvalue weighted by Gasteiger charge is 2.21. The van der Waals surface area contributed by atoms with Gasteiger partial charge in [0.05, 0.1) is 23.1 Å². The van der Waals surface area contributed by atoms with Gasteiger partial charge < -0.3 is 19.6 Å². The summed E-state index contributed by atoms with van der Waals surface area (Å²) in [4.78, 5) is 0. The zero-order valence-electron chi connectivity index (χ0n) is 10.7. The molecule has 0 radical (unpaired) electrons. The fourth-order valence-corrected chi connectivity index (χ4v) is 2.58. The maximum atomic E-state index is 6.04. The molecule has 0 unspecified atom stereocenters. The zero-order valence-corrected chi connectivity index (χ0v) is 11.5. The molecule has 0 spiro atoms. The van der Waals surface area contributed by atoms with Crippen molar-refractivity contribution in [3.63, 3.8) is 0 Å². The van der Waals surface area contributed by atoms with Gasteiger partial charge in [-0.3, -0.25) is 5.10 Å². The fourth-order valence-electron chi connectivity index (χ4n) is 2.37. The van der Waals surface area contributed by atoms with Gasteiger partial charge in [0.15, 0.2) is 17.3 Å². The predicted octanol–water partition coefficient (Wildman–Crippen LogP) is 3.30. The molecule has 0 fully saturated rings. The molecule has 0 saturated heterocycles. The molecular formula is C14H10ClN3O3. The maximum absolute atomic E-state index is 6.04. The summed E-state index contributed by atoms with van der Waals surface area (Å²) in [6.45, 7) is 0.222. The van der Waals surface area contributed by atoms with Crippen LogP contribution in [0.1, 0.15) is 0 Å². The Hall–Kier alpha value is -2.60. The van der Waals surface area contributed by atoms with Gasteiger partial charge in [-0.15, -0.1) is 0 Å². The second kappa shape index (κ2) is 4.46. The number of hydrogen-bond acceptors (Lipinski definition) is 5. The molecule has 21 heavy (non-hydrogen) atoms. The summed E-state index contributed by atoms with van der Waals surface area (Å²) in [7, 11) is 0. The number of aromatic nitrogens is 2. The van der Waals surface area contributed by atoms with Crippen molar-refractivity contribution in [1.29, 1.82) is 0 Å². The van der Waals surface area contributed by atoms with Crippen molar-refractivity contribution in [3.8, 4) is 33.9 Å². The van der Waals surface area contributed by atoms with E-state index in [0.717, 1.165) is 11.1 Å². The number of nitrogen functional groups attached to an aromatic ring is 1. The molecule has 4 rings (SSSR count). The molecule has 0 bridgehead atoms. The smallest absolute Gasteiger partial charge is 0.231 e. The Morgan fingerprint density at radius 1 is 1.19 bits per heavy atom. The quantitative estimate of drug-likeness (QED) is 0.758. The third kappa shape index (κ3) is 1.84. The van der Waals surface area contributed by atoms with Crippen molar-refractivity contribution in [2.45, 2.75) is 0 Å². The molecule has 1 aromatic carbocycles. The number of nitrogens with zero attached hydrogens (tertiary/aromatic N) is 1. The summed E-state index contributed by atoms with van der Waals surface area (Å²) in [6.07, 6.45) is 1.51. The molecule has 3 aromatic rings. The number of halogens is 1. The highest BCUT2D eigenvalue weighted by atomic mass is 35.5. The Balaban J connectivity index is 1.89. The Morgan fingerprint density at radius 2 is 2.05 bits per heavy atom. The Bertz CT molecular complexity index is 825. The molecule has 0 amide bonds.